The summed E-state index contributed by atoms with van der Waals surface area (Å²) >= 11 is 0. The van der Waals surface area contributed by atoms with Crippen molar-refractivity contribution in [2.24, 2.45) is 0 Å². The van der Waals surface area contributed by atoms with Gasteiger partial charge in [0.15, 0.2) is 0 Å². The van der Waals surface area contributed by atoms with Gasteiger partial charge in [-0.1, -0.05) is 30.3 Å². The summed E-state index contributed by atoms with van der Waals surface area (Å²) in [6, 6.07) is 27.6. The van der Waals surface area contributed by atoms with Gasteiger partial charge in [-0.3, -0.25) is 24.1 Å². The van der Waals surface area contributed by atoms with Crippen LogP contribution in [0.3, 0.4) is 0 Å². The average Bonchev–Trinajstić information content (AvgIpc) is 2.87. The summed E-state index contributed by atoms with van der Waals surface area (Å²) in [6.07, 6.45) is 6.94. The first-order chi connectivity index (χ1) is 15.7. The molecule has 0 aliphatic carbocycles. The quantitative estimate of drug-likeness (QED) is 0.471. The molecule has 0 saturated heterocycles. The highest BCUT2D eigenvalue weighted by Gasteiger charge is 2.03. The first kappa shape index (κ1) is 20.7. The lowest BCUT2D eigenvalue weighted by Gasteiger charge is -2.07. The van der Waals surface area contributed by atoms with Crippen LogP contribution in [0.1, 0.15) is 0 Å². The van der Waals surface area contributed by atoms with Crippen molar-refractivity contribution in [2.45, 2.75) is 0 Å². The lowest BCUT2D eigenvalue weighted by Crippen LogP contribution is -2.16. The molecule has 5 rings (SSSR count). The highest BCUT2D eigenvalue weighted by atomic mass is 16.1. The highest BCUT2D eigenvalue weighted by Crippen LogP contribution is 2.16. The van der Waals surface area contributed by atoms with Gasteiger partial charge >= 0.3 is 0 Å². The zero-order valence-corrected chi connectivity index (χ0v) is 17.1. The number of hydrogen-bond donors (Lipinski definition) is 1. The number of benzene rings is 1. The highest BCUT2D eigenvalue weighted by molar-refractivity contribution is 5.58. The number of H-pyrrole nitrogens is 1. The minimum Gasteiger partial charge on any atom is -0.328 e. The van der Waals surface area contributed by atoms with Crippen LogP contribution in [0.15, 0.2) is 125 Å². The third-order valence-corrected chi connectivity index (χ3v) is 4.65. The number of para-hydroxylation sites is 1. The fourth-order valence-corrected chi connectivity index (χ4v) is 3.07. The van der Waals surface area contributed by atoms with E-state index in [4.69, 9.17) is 0 Å². The summed E-state index contributed by atoms with van der Waals surface area (Å²) in [5.41, 5.74) is 4.26. The van der Waals surface area contributed by atoms with Crippen LogP contribution < -0.4 is 11.1 Å². The van der Waals surface area contributed by atoms with E-state index in [1.165, 1.54) is 6.07 Å². The van der Waals surface area contributed by atoms with Crippen molar-refractivity contribution in [2.75, 3.05) is 0 Å². The van der Waals surface area contributed by atoms with Crippen LogP contribution in [-0.4, -0.2) is 19.5 Å². The van der Waals surface area contributed by atoms with Gasteiger partial charge in [0.1, 0.15) is 0 Å². The van der Waals surface area contributed by atoms with Crippen molar-refractivity contribution < 1.29 is 0 Å². The topological polar surface area (TPSA) is 80.6 Å². The normalized spacial score (nSPS) is 10.1. The van der Waals surface area contributed by atoms with Gasteiger partial charge in [-0.2, -0.15) is 0 Å². The Kier molecular flexibility index (Phi) is 6.43. The lowest BCUT2D eigenvalue weighted by molar-refractivity contribution is 0.991. The Labute approximate surface area is 184 Å². The van der Waals surface area contributed by atoms with Crippen LogP contribution in [0, 0.1) is 0 Å². The monoisotopic (exact) mass is 420 g/mol. The second-order valence-electron chi connectivity index (χ2n) is 6.83. The van der Waals surface area contributed by atoms with E-state index < -0.39 is 0 Å². The SMILES string of the molecule is O=c1ccc(-c2ccccn2)c[nH]1.O=c1ccc(-c2ccccn2)cn1-c1ccccc1. The van der Waals surface area contributed by atoms with Crippen molar-refractivity contribution in [3.8, 4) is 28.2 Å². The molecule has 0 bridgehead atoms. The molecule has 0 aliphatic rings. The molecule has 0 atom stereocenters. The summed E-state index contributed by atoms with van der Waals surface area (Å²) in [5.74, 6) is 0. The molecular weight excluding hydrogens is 400 g/mol. The molecule has 6 nitrogen and oxygen atoms in total. The number of hydrogen-bond acceptors (Lipinski definition) is 4. The second-order valence-corrected chi connectivity index (χ2v) is 6.83. The Balaban J connectivity index is 0.000000165. The van der Waals surface area contributed by atoms with Crippen molar-refractivity contribution >= 4 is 0 Å². The number of pyridine rings is 4. The molecule has 32 heavy (non-hydrogen) atoms. The molecule has 4 aromatic heterocycles. The maximum Gasteiger partial charge on any atom is 0.255 e. The zero-order valence-electron chi connectivity index (χ0n) is 17.1. The summed E-state index contributed by atoms with van der Waals surface area (Å²) in [4.78, 5) is 33.8. The van der Waals surface area contributed by atoms with E-state index in [2.05, 4.69) is 15.0 Å². The molecule has 0 radical (unpaired) electrons. The van der Waals surface area contributed by atoms with Crippen molar-refractivity contribution in [3.05, 3.63) is 136 Å². The average molecular weight is 420 g/mol. The molecule has 0 spiro atoms. The van der Waals surface area contributed by atoms with Gasteiger partial charge in [0, 0.05) is 53.7 Å². The molecule has 156 valence electrons. The molecular formula is C26H20N4O2. The molecule has 0 aliphatic heterocycles. The van der Waals surface area contributed by atoms with Crippen LogP contribution in [0.5, 0.6) is 0 Å². The van der Waals surface area contributed by atoms with E-state index in [-0.39, 0.29) is 11.1 Å². The Morgan fingerprint density at radius 2 is 1.25 bits per heavy atom. The van der Waals surface area contributed by atoms with Crippen molar-refractivity contribution in [1.82, 2.24) is 19.5 Å². The van der Waals surface area contributed by atoms with Gasteiger partial charge in [-0.05, 0) is 48.5 Å². The Morgan fingerprint density at radius 3 is 1.84 bits per heavy atom. The molecule has 6 heteroatoms. The maximum absolute atomic E-state index is 11.9. The fraction of sp³-hybridized carbons (Fsp3) is 0. The van der Waals surface area contributed by atoms with E-state index >= 15 is 0 Å². The Bertz CT molecular complexity index is 1380. The number of rotatable bonds is 3. The third-order valence-electron chi connectivity index (χ3n) is 4.65. The molecule has 0 amide bonds. The van der Waals surface area contributed by atoms with Crippen LogP contribution >= 0.6 is 0 Å². The molecule has 5 aromatic rings. The van der Waals surface area contributed by atoms with Gasteiger partial charge in [0.05, 0.1) is 11.4 Å². The summed E-state index contributed by atoms with van der Waals surface area (Å²) in [5, 5.41) is 0. The number of nitrogens with zero attached hydrogens (tertiary/aromatic N) is 3. The predicted molar refractivity (Wildman–Crippen MR) is 126 cm³/mol. The predicted octanol–water partition coefficient (Wildman–Crippen LogP) is 4.34. The first-order valence-electron chi connectivity index (χ1n) is 10.0. The smallest absolute Gasteiger partial charge is 0.255 e. The van der Waals surface area contributed by atoms with Crippen LogP contribution in [-0.2, 0) is 0 Å². The molecule has 0 fully saturated rings. The van der Waals surface area contributed by atoms with Crippen LogP contribution in [0.4, 0.5) is 0 Å². The van der Waals surface area contributed by atoms with Gasteiger partial charge in [-0.15, -0.1) is 0 Å². The molecule has 4 heterocycles. The van der Waals surface area contributed by atoms with Crippen molar-refractivity contribution in [3.63, 3.8) is 0 Å². The zero-order chi connectivity index (χ0) is 22.2. The molecule has 1 N–H and O–H groups in total. The van der Waals surface area contributed by atoms with E-state index in [9.17, 15) is 9.59 Å². The van der Waals surface area contributed by atoms with E-state index in [0.717, 1.165) is 28.2 Å². The summed E-state index contributed by atoms with van der Waals surface area (Å²) in [7, 11) is 0. The lowest BCUT2D eigenvalue weighted by atomic mass is 10.2. The van der Waals surface area contributed by atoms with E-state index in [0.29, 0.717) is 0 Å². The maximum atomic E-state index is 11.9. The first-order valence-corrected chi connectivity index (χ1v) is 10.0. The number of aromatic amines is 1. The summed E-state index contributed by atoms with van der Waals surface area (Å²) < 4.78 is 1.63. The molecule has 1 aromatic carbocycles. The summed E-state index contributed by atoms with van der Waals surface area (Å²) in [6.45, 7) is 0. The molecule has 0 unspecified atom stereocenters. The fourth-order valence-electron chi connectivity index (χ4n) is 3.07. The van der Waals surface area contributed by atoms with Crippen molar-refractivity contribution in [1.29, 1.82) is 0 Å². The van der Waals surface area contributed by atoms with E-state index in [1.807, 2.05) is 72.9 Å². The third kappa shape index (κ3) is 5.12. The number of aromatic nitrogens is 4. The standard InChI is InChI=1S/C16H12N2O.C10H8N2O/c19-16-10-9-13(15-8-4-5-11-17-15)12-18(16)14-6-2-1-3-7-14;13-10-5-4-8(7-12-10)9-3-1-2-6-11-9/h1-12H;1-7H,(H,12,13). The van der Waals surface area contributed by atoms with Crippen LogP contribution in [0.25, 0.3) is 28.2 Å². The molecule has 0 saturated carbocycles. The van der Waals surface area contributed by atoms with Gasteiger partial charge in [0.25, 0.3) is 5.56 Å². The van der Waals surface area contributed by atoms with E-state index in [1.54, 1.807) is 41.4 Å². The van der Waals surface area contributed by atoms with Gasteiger partial charge in [-0.25, -0.2) is 0 Å². The minimum atomic E-state index is -0.0975. The van der Waals surface area contributed by atoms with Gasteiger partial charge in [0.2, 0.25) is 5.56 Å². The second kappa shape index (κ2) is 9.95. The van der Waals surface area contributed by atoms with Crippen LogP contribution in [0.2, 0.25) is 0 Å². The largest absolute Gasteiger partial charge is 0.328 e. The number of nitrogens with one attached hydrogen (secondary N) is 1. The Morgan fingerprint density at radius 1 is 0.625 bits per heavy atom. The minimum absolute atomic E-state index is 0.0501. The Hall–Kier alpha value is -4.58. The van der Waals surface area contributed by atoms with Gasteiger partial charge < -0.3 is 4.98 Å².